The van der Waals surface area contributed by atoms with Crippen LogP contribution in [0, 0.1) is 0 Å². The number of hydrogen-bond donors (Lipinski definition) is 2. The van der Waals surface area contributed by atoms with Gasteiger partial charge in [-0.15, -0.1) is 24.0 Å². The van der Waals surface area contributed by atoms with Crippen LogP contribution in [-0.2, 0) is 9.84 Å². The van der Waals surface area contributed by atoms with Gasteiger partial charge in [0.1, 0.15) is 12.4 Å². The minimum absolute atomic E-state index is 0. The number of benzene rings is 2. The van der Waals surface area contributed by atoms with E-state index in [2.05, 4.69) is 51.7 Å². The number of halogens is 1. The topological polar surface area (TPSA) is 83.0 Å². The zero-order chi connectivity index (χ0) is 22.3. The molecule has 2 N–H and O–H groups in total. The minimum atomic E-state index is -3.20. The lowest BCUT2D eigenvalue weighted by molar-refractivity contribution is 0.321. The molecule has 0 spiro atoms. The first-order chi connectivity index (χ1) is 14.9. The number of guanidine groups is 1. The quantitative estimate of drug-likeness (QED) is 0.218. The van der Waals surface area contributed by atoms with Crippen molar-refractivity contribution in [2.45, 2.75) is 30.7 Å². The first kappa shape index (κ1) is 26.2. The SMILES string of the molecule is CN=C(NCCOc1ccc(S(C)(=O)=O)cc1)NC(C)c1cccc(N2CCCC2)c1.I. The van der Waals surface area contributed by atoms with Crippen LogP contribution in [0.4, 0.5) is 5.69 Å². The molecule has 2 aromatic rings. The Kier molecular flexibility index (Phi) is 10.1. The van der Waals surface area contributed by atoms with Gasteiger partial charge in [-0.1, -0.05) is 12.1 Å². The lowest BCUT2D eigenvalue weighted by Crippen LogP contribution is -2.40. The van der Waals surface area contributed by atoms with Crippen LogP contribution in [0.3, 0.4) is 0 Å². The van der Waals surface area contributed by atoms with Gasteiger partial charge in [-0.25, -0.2) is 8.42 Å². The van der Waals surface area contributed by atoms with Gasteiger partial charge in [-0.2, -0.15) is 0 Å². The van der Waals surface area contributed by atoms with Crippen molar-refractivity contribution in [1.29, 1.82) is 0 Å². The molecule has 0 aliphatic carbocycles. The van der Waals surface area contributed by atoms with E-state index in [1.165, 1.54) is 30.3 Å². The van der Waals surface area contributed by atoms with Gasteiger partial charge in [0.15, 0.2) is 15.8 Å². The second kappa shape index (κ2) is 12.3. The van der Waals surface area contributed by atoms with E-state index in [4.69, 9.17) is 4.74 Å². The predicted octanol–water partition coefficient (Wildman–Crippen LogP) is 3.61. The highest BCUT2D eigenvalue weighted by Gasteiger charge is 2.14. The Morgan fingerprint density at radius 3 is 2.47 bits per heavy atom. The molecule has 0 bridgehead atoms. The molecule has 0 saturated carbocycles. The summed E-state index contributed by atoms with van der Waals surface area (Å²) in [6.07, 6.45) is 3.71. The Balaban J connectivity index is 0.00000363. The fourth-order valence-corrected chi connectivity index (χ4v) is 4.20. The second-order valence-corrected chi connectivity index (χ2v) is 9.76. The van der Waals surface area contributed by atoms with Crippen molar-refractivity contribution >= 4 is 45.5 Å². The maximum atomic E-state index is 11.5. The van der Waals surface area contributed by atoms with E-state index < -0.39 is 9.84 Å². The molecule has 7 nitrogen and oxygen atoms in total. The lowest BCUT2D eigenvalue weighted by atomic mass is 10.1. The molecule has 32 heavy (non-hydrogen) atoms. The Morgan fingerprint density at radius 1 is 1.16 bits per heavy atom. The molecule has 1 fully saturated rings. The molecule has 1 heterocycles. The molecule has 1 aliphatic heterocycles. The summed E-state index contributed by atoms with van der Waals surface area (Å²) in [6.45, 7) is 5.37. The molecular weight excluding hydrogens is 539 g/mol. The summed E-state index contributed by atoms with van der Waals surface area (Å²) in [5.41, 5.74) is 2.50. The van der Waals surface area contributed by atoms with Gasteiger partial charge >= 0.3 is 0 Å². The fraction of sp³-hybridized carbons (Fsp3) is 0.435. The van der Waals surface area contributed by atoms with Crippen molar-refractivity contribution in [3.63, 3.8) is 0 Å². The number of sulfone groups is 1. The molecule has 1 unspecified atom stereocenters. The zero-order valence-corrected chi connectivity index (χ0v) is 22.0. The molecule has 176 valence electrons. The molecule has 0 amide bonds. The number of aliphatic imine (C=N–C) groups is 1. The summed E-state index contributed by atoms with van der Waals surface area (Å²) in [6, 6.07) is 15.2. The van der Waals surface area contributed by atoms with Crippen LogP contribution in [0.5, 0.6) is 5.75 Å². The Labute approximate surface area is 208 Å². The number of nitrogens with one attached hydrogen (secondary N) is 2. The van der Waals surface area contributed by atoms with E-state index in [1.54, 1.807) is 31.3 Å². The third-order valence-corrected chi connectivity index (χ3v) is 6.46. The monoisotopic (exact) mass is 572 g/mol. The first-order valence-electron chi connectivity index (χ1n) is 10.6. The standard InChI is InChI=1S/C23H32N4O3S.HI/c1-18(19-7-6-8-20(17-19)27-14-4-5-15-27)26-23(24-2)25-13-16-30-21-9-11-22(12-10-21)31(3,28)29;/h6-12,17-18H,4-5,13-16H2,1-3H3,(H2,24,25,26);1H. The summed E-state index contributed by atoms with van der Waals surface area (Å²) in [5.74, 6) is 1.33. The van der Waals surface area contributed by atoms with Crippen LogP contribution in [0.25, 0.3) is 0 Å². The van der Waals surface area contributed by atoms with Crippen molar-refractivity contribution in [2.75, 3.05) is 44.4 Å². The molecule has 2 aromatic carbocycles. The molecule has 3 rings (SSSR count). The average Bonchev–Trinajstić information content (AvgIpc) is 3.30. The van der Waals surface area contributed by atoms with Gasteiger partial charge < -0.3 is 20.3 Å². The van der Waals surface area contributed by atoms with E-state index >= 15 is 0 Å². The first-order valence-corrected chi connectivity index (χ1v) is 12.5. The lowest BCUT2D eigenvalue weighted by Gasteiger charge is -2.22. The van der Waals surface area contributed by atoms with Crippen LogP contribution >= 0.6 is 24.0 Å². The largest absolute Gasteiger partial charge is 0.492 e. The molecule has 1 saturated heterocycles. The Hall–Kier alpha value is -2.01. The number of nitrogens with zero attached hydrogens (tertiary/aromatic N) is 2. The third-order valence-electron chi connectivity index (χ3n) is 5.33. The smallest absolute Gasteiger partial charge is 0.191 e. The molecular formula is C23H33IN4O3S. The summed E-state index contributed by atoms with van der Waals surface area (Å²) in [5, 5.41) is 6.67. The van der Waals surface area contributed by atoms with Gasteiger partial charge in [0, 0.05) is 32.1 Å². The van der Waals surface area contributed by atoms with Crippen molar-refractivity contribution in [1.82, 2.24) is 10.6 Å². The van der Waals surface area contributed by atoms with Crippen LogP contribution < -0.4 is 20.3 Å². The summed E-state index contributed by atoms with van der Waals surface area (Å²) in [7, 11) is -1.45. The molecule has 0 radical (unpaired) electrons. The zero-order valence-electron chi connectivity index (χ0n) is 18.9. The second-order valence-electron chi connectivity index (χ2n) is 7.75. The fourth-order valence-electron chi connectivity index (χ4n) is 3.57. The third kappa shape index (κ3) is 7.54. The van der Waals surface area contributed by atoms with Crippen molar-refractivity contribution in [3.05, 3.63) is 54.1 Å². The van der Waals surface area contributed by atoms with Crippen LogP contribution in [0.1, 0.15) is 31.4 Å². The molecule has 1 aliphatic rings. The molecule has 0 aromatic heterocycles. The van der Waals surface area contributed by atoms with Gasteiger partial charge in [0.2, 0.25) is 0 Å². The summed E-state index contributed by atoms with van der Waals surface area (Å²) >= 11 is 0. The van der Waals surface area contributed by atoms with Crippen LogP contribution in [0.2, 0.25) is 0 Å². The van der Waals surface area contributed by atoms with E-state index in [9.17, 15) is 8.42 Å². The Morgan fingerprint density at radius 2 is 1.84 bits per heavy atom. The summed E-state index contributed by atoms with van der Waals surface area (Å²) < 4.78 is 28.7. The summed E-state index contributed by atoms with van der Waals surface area (Å²) in [4.78, 5) is 7.01. The highest BCUT2D eigenvalue weighted by Crippen LogP contribution is 2.24. The van der Waals surface area contributed by atoms with Gasteiger partial charge in [0.05, 0.1) is 17.5 Å². The van der Waals surface area contributed by atoms with Gasteiger partial charge in [-0.3, -0.25) is 4.99 Å². The normalized spacial score (nSPS) is 15.1. The van der Waals surface area contributed by atoms with Crippen LogP contribution in [0.15, 0.2) is 58.4 Å². The number of hydrogen-bond acceptors (Lipinski definition) is 5. The van der Waals surface area contributed by atoms with E-state index in [-0.39, 0.29) is 34.9 Å². The Bertz CT molecular complexity index is 991. The molecule has 9 heteroatoms. The number of ether oxygens (including phenoxy) is 1. The van der Waals surface area contributed by atoms with Crippen molar-refractivity contribution in [3.8, 4) is 5.75 Å². The van der Waals surface area contributed by atoms with Crippen molar-refractivity contribution in [2.24, 2.45) is 4.99 Å². The maximum absolute atomic E-state index is 11.5. The maximum Gasteiger partial charge on any atom is 0.191 e. The minimum Gasteiger partial charge on any atom is -0.492 e. The molecule has 1 atom stereocenters. The van der Waals surface area contributed by atoms with Crippen molar-refractivity contribution < 1.29 is 13.2 Å². The van der Waals surface area contributed by atoms with Gasteiger partial charge in [-0.05, 0) is 61.7 Å². The number of rotatable bonds is 8. The highest BCUT2D eigenvalue weighted by molar-refractivity contribution is 14.0. The van der Waals surface area contributed by atoms with Crippen LogP contribution in [-0.4, -0.2) is 53.9 Å². The highest BCUT2D eigenvalue weighted by atomic mass is 127. The van der Waals surface area contributed by atoms with Gasteiger partial charge in [0.25, 0.3) is 0 Å². The predicted molar refractivity (Wildman–Crippen MR) is 141 cm³/mol. The average molecular weight is 573 g/mol. The van der Waals surface area contributed by atoms with E-state index in [0.717, 1.165) is 13.1 Å². The van der Waals surface area contributed by atoms with E-state index in [1.807, 2.05) is 0 Å². The number of anilines is 1. The van der Waals surface area contributed by atoms with E-state index in [0.29, 0.717) is 24.9 Å².